The van der Waals surface area contributed by atoms with E-state index in [9.17, 15) is 4.79 Å². The molecule has 1 unspecified atom stereocenters. The van der Waals surface area contributed by atoms with E-state index in [1.54, 1.807) is 6.08 Å². The van der Waals surface area contributed by atoms with E-state index in [4.69, 9.17) is 5.53 Å². The molecule has 0 radical (unpaired) electrons. The predicted octanol–water partition coefficient (Wildman–Crippen LogP) is 0.822. The van der Waals surface area contributed by atoms with Crippen molar-refractivity contribution >= 4 is 11.5 Å². The third-order valence-electron chi connectivity index (χ3n) is 1.59. The van der Waals surface area contributed by atoms with Crippen LogP contribution in [0.4, 0.5) is 0 Å². The number of rotatable bonds is 0. The lowest BCUT2D eigenvalue weighted by Gasteiger charge is -2.04. The first-order valence-corrected chi connectivity index (χ1v) is 3.18. The molecule has 1 aliphatic carbocycles. The van der Waals surface area contributed by atoms with Crippen LogP contribution in [0.25, 0.3) is 5.53 Å². The number of hydrogen-bond donors (Lipinski definition) is 0. The minimum atomic E-state index is -0.179. The molecular weight excluding hydrogens is 128 g/mol. The van der Waals surface area contributed by atoms with Gasteiger partial charge in [-0.05, 0) is 12.5 Å². The van der Waals surface area contributed by atoms with Gasteiger partial charge in [0.25, 0.3) is 5.78 Å². The minimum Gasteiger partial charge on any atom is -0.361 e. The highest BCUT2D eigenvalue weighted by atomic mass is 16.1. The smallest absolute Gasteiger partial charge is 0.341 e. The first kappa shape index (κ1) is 6.90. The van der Waals surface area contributed by atoms with Crippen LogP contribution in [0.2, 0.25) is 0 Å². The summed E-state index contributed by atoms with van der Waals surface area (Å²) in [6.07, 6.45) is 4.02. The number of carbonyl (C=O) groups is 1. The van der Waals surface area contributed by atoms with Crippen molar-refractivity contribution in [1.29, 1.82) is 0 Å². The summed E-state index contributed by atoms with van der Waals surface area (Å²) in [6, 6.07) is 0. The Morgan fingerprint density at radius 2 is 2.50 bits per heavy atom. The molecule has 1 atom stereocenters. The normalized spacial score (nSPS) is 24.7. The zero-order valence-corrected chi connectivity index (χ0v) is 5.74. The second kappa shape index (κ2) is 2.58. The molecule has 3 nitrogen and oxygen atoms in total. The zero-order valence-electron chi connectivity index (χ0n) is 5.74. The van der Waals surface area contributed by atoms with E-state index in [2.05, 4.69) is 4.79 Å². The fraction of sp³-hybridized carbons (Fsp3) is 0.429. The highest BCUT2D eigenvalue weighted by molar-refractivity contribution is 6.43. The number of nitrogens with zero attached hydrogens (tertiary/aromatic N) is 2. The number of hydrogen-bond acceptors (Lipinski definition) is 1. The number of carbonyl (C=O) groups excluding carboxylic acids is 1. The molecule has 0 fully saturated rings. The van der Waals surface area contributed by atoms with Crippen LogP contribution in [-0.2, 0) is 4.79 Å². The van der Waals surface area contributed by atoms with Crippen LogP contribution in [0.1, 0.15) is 13.3 Å². The molecule has 0 bridgehead atoms. The van der Waals surface area contributed by atoms with E-state index in [1.165, 1.54) is 6.08 Å². The number of ketones is 1. The van der Waals surface area contributed by atoms with Crippen LogP contribution in [-0.4, -0.2) is 16.3 Å². The molecule has 0 heterocycles. The maximum atomic E-state index is 10.9. The van der Waals surface area contributed by atoms with Gasteiger partial charge in [0.05, 0.1) is 5.92 Å². The summed E-state index contributed by atoms with van der Waals surface area (Å²) in [5.74, 6) is -0.122. The molecule has 0 spiro atoms. The van der Waals surface area contributed by atoms with E-state index in [1.807, 2.05) is 6.92 Å². The molecule has 0 aromatic heterocycles. The summed E-state index contributed by atoms with van der Waals surface area (Å²) in [5, 5.41) is 0. The van der Waals surface area contributed by atoms with Crippen molar-refractivity contribution in [2.75, 3.05) is 0 Å². The standard InChI is InChI=1S/C7H8N2O/c1-5-3-2-4-6(10)7(5)9-8/h2,4-5H,3H2,1H3. The molecule has 3 heteroatoms. The van der Waals surface area contributed by atoms with Crippen LogP contribution in [0.3, 0.4) is 0 Å². The van der Waals surface area contributed by atoms with Gasteiger partial charge < -0.3 is 5.53 Å². The average molecular weight is 136 g/mol. The van der Waals surface area contributed by atoms with Crippen molar-refractivity contribution in [1.82, 2.24) is 0 Å². The first-order chi connectivity index (χ1) is 4.75. The van der Waals surface area contributed by atoms with E-state index < -0.39 is 0 Å². The maximum absolute atomic E-state index is 10.9. The molecule has 0 aliphatic heterocycles. The molecule has 0 aromatic carbocycles. The molecule has 0 saturated carbocycles. The number of allylic oxidation sites excluding steroid dienone is 2. The molecule has 10 heavy (non-hydrogen) atoms. The van der Waals surface area contributed by atoms with Gasteiger partial charge in [0, 0.05) is 0 Å². The minimum absolute atomic E-state index is 0.0579. The van der Waals surface area contributed by atoms with Crippen molar-refractivity contribution in [2.24, 2.45) is 5.92 Å². The Balaban J connectivity index is 3.00. The summed E-state index contributed by atoms with van der Waals surface area (Å²) >= 11 is 0. The van der Waals surface area contributed by atoms with Gasteiger partial charge in [-0.1, -0.05) is 13.0 Å². The van der Waals surface area contributed by atoms with Gasteiger partial charge in [0.1, 0.15) is 0 Å². The molecule has 1 rings (SSSR count). The second-order valence-corrected chi connectivity index (χ2v) is 2.39. The van der Waals surface area contributed by atoms with Crippen molar-refractivity contribution in [2.45, 2.75) is 13.3 Å². The summed E-state index contributed by atoms with van der Waals surface area (Å²) in [4.78, 5) is 13.8. The summed E-state index contributed by atoms with van der Waals surface area (Å²) in [6.45, 7) is 1.86. The van der Waals surface area contributed by atoms with Crippen LogP contribution in [0.5, 0.6) is 0 Å². The van der Waals surface area contributed by atoms with Gasteiger partial charge in [-0.3, -0.25) is 4.79 Å². The van der Waals surface area contributed by atoms with Gasteiger partial charge in [-0.25, -0.2) is 0 Å². The van der Waals surface area contributed by atoms with Gasteiger partial charge >= 0.3 is 5.71 Å². The fourth-order valence-corrected chi connectivity index (χ4v) is 0.967. The van der Waals surface area contributed by atoms with Crippen molar-refractivity contribution in [3.05, 3.63) is 17.7 Å². The Morgan fingerprint density at radius 1 is 1.80 bits per heavy atom. The maximum Gasteiger partial charge on any atom is 0.341 e. The summed E-state index contributed by atoms with van der Waals surface area (Å²) in [7, 11) is 0. The molecule has 1 aliphatic rings. The molecule has 0 N–H and O–H groups in total. The average Bonchev–Trinajstić information content (AvgIpc) is 1.88. The van der Waals surface area contributed by atoms with E-state index in [0.717, 1.165) is 6.42 Å². The predicted molar refractivity (Wildman–Crippen MR) is 36.6 cm³/mol. The topological polar surface area (TPSA) is 53.5 Å². The van der Waals surface area contributed by atoms with Crippen molar-refractivity contribution < 1.29 is 9.58 Å². The summed E-state index contributed by atoms with van der Waals surface area (Å²) in [5.41, 5.74) is 8.63. The van der Waals surface area contributed by atoms with Crippen LogP contribution < -0.4 is 0 Å². The lowest BCUT2D eigenvalue weighted by molar-refractivity contribution is -0.114. The fourth-order valence-electron chi connectivity index (χ4n) is 0.967. The van der Waals surface area contributed by atoms with Crippen molar-refractivity contribution in [3.8, 4) is 0 Å². The van der Waals surface area contributed by atoms with E-state index in [0.29, 0.717) is 0 Å². The molecule has 52 valence electrons. The Bertz CT molecular complexity index is 236. The van der Waals surface area contributed by atoms with Crippen LogP contribution in [0, 0.1) is 5.92 Å². The van der Waals surface area contributed by atoms with Gasteiger partial charge in [-0.2, -0.15) is 4.79 Å². The monoisotopic (exact) mass is 136 g/mol. The first-order valence-electron chi connectivity index (χ1n) is 3.18. The lowest BCUT2D eigenvalue weighted by Crippen LogP contribution is -2.23. The van der Waals surface area contributed by atoms with Crippen LogP contribution in [0.15, 0.2) is 12.2 Å². The Hall–Kier alpha value is -1.21. The second-order valence-electron chi connectivity index (χ2n) is 2.39. The quantitative estimate of drug-likeness (QED) is 0.359. The lowest BCUT2D eigenvalue weighted by atomic mass is 9.93. The highest BCUT2D eigenvalue weighted by Crippen LogP contribution is 2.10. The highest BCUT2D eigenvalue weighted by Gasteiger charge is 2.27. The van der Waals surface area contributed by atoms with Gasteiger partial charge in [0.2, 0.25) is 0 Å². The van der Waals surface area contributed by atoms with Gasteiger partial charge in [0.15, 0.2) is 0 Å². The molecule has 0 saturated heterocycles. The Kier molecular flexibility index (Phi) is 1.78. The molecule has 0 amide bonds. The SMILES string of the molecule is CC1CC=CC(=O)C1=[N+]=[N-]. The molecule has 0 aromatic rings. The zero-order chi connectivity index (χ0) is 7.56. The summed E-state index contributed by atoms with van der Waals surface area (Å²) < 4.78 is 0. The Labute approximate surface area is 59.0 Å². The van der Waals surface area contributed by atoms with E-state index in [-0.39, 0.29) is 17.4 Å². The molecular formula is C7H8N2O. The largest absolute Gasteiger partial charge is 0.361 e. The third-order valence-corrected chi connectivity index (χ3v) is 1.59. The van der Waals surface area contributed by atoms with E-state index >= 15 is 0 Å². The van der Waals surface area contributed by atoms with Crippen molar-refractivity contribution in [3.63, 3.8) is 0 Å². The third kappa shape index (κ3) is 1.04. The Morgan fingerprint density at radius 3 is 2.90 bits per heavy atom. The van der Waals surface area contributed by atoms with Gasteiger partial charge in [-0.15, -0.1) is 0 Å². The van der Waals surface area contributed by atoms with Crippen LogP contribution >= 0.6 is 0 Å².